The number of hydrogen-bond donors (Lipinski definition) is 0. The van der Waals surface area contributed by atoms with E-state index < -0.39 is 0 Å². The van der Waals surface area contributed by atoms with Gasteiger partial charge in [-0.2, -0.15) is 5.26 Å². The van der Waals surface area contributed by atoms with Gasteiger partial charge in [0.15, 0.2) is 5.13 Å². The highest BCUT2D eigenvalue weighted by molar-refractivity contribution is 7.22. The summed E-state index contributed by atoms with van der Waals surface area (Å²) in [6, 6.07) is 15.2. The first-order chi connectivity index (χ1) is 14.1. The summed E-state index contributed by atoms with van der Waals surface area (Å²) in [4.78, 5) is 22.1. The summed E-state index contributed by atoms with van der Waals surface area (Å²) in [5.74, 6) is -0.0867. The fraction of sp³-hybridized carbons (Fsp3) is 0.348. The van der Waals surface area contributed by atoms with Crippen LogP contribution in [-0.2, 0) is 6.42 Å². The minimum atomic E-state index is -0.0867. The lowest BCUT2D eigenvalue weighted by atomic mass is 10.1. The maximum absolute atomic E-state index is 13.3. The molecule has 0 unspecified atom stereocenters. The van der Waals surface area contributed by atoms with E-state index in [4.69, 9.17) is 10.2 Å². The molecular weight excluding hydrogens is 416 g/mol. The summed E-state index contributed by atoms with van der Waals surface area (Å²) in [5, 5.41) is 9.74. The number of carbonyl (C=O) groups is 1. The van der Waals surface area contributed by atoms with Gasteiger partial charge in [-0.1, -0.05) is 38.2 Å². The molecule has 30 heavy (non-hydrogen) atoms. The standard InChI is InChI=1S/C23H26N4OS.ClH/c1-4-17-9-12-20-21(15-17)29-23(25-20)27(14-13-26(5-2)6-3)22(28)19-10-7-18(16-24)8-11-19;/h7-12,15H,4-6,13-14H2,1-3H3;1H. The van der Waals surface area contributed by atoms with E-state index in [0.717, 1.165) is 41.4 Å². The molecule has 2 aromatic carbocycles. The smallest absolute Gasteiger partial charge is 0.260 e. The van der Waals surface area contributed by atoms with Gasteiger partial charge in [0, 0.05) is 18.7 Å². The highest BCUT2D eigenvalue weighted by Crippen LogP contribution is 2.30. The molecule has 7 heteroatoms. The Kier molecular flexibility index (Phi) is 8.79. The number of aryl methyl sites for hydroxylation is 1. The topological polar surface area (TPSA) is 60.2 Å². The van der Waals surface area contributed by atoms with Crippen LogP contribution in [0.1, 0.15) is 42.3 Å². The Hall–Kier alpha value is -2.46. The molecule has 5 nitrogen and oxygen atoms in total. The molecule has 0 fully saturated rings. The highest BCUT2D eigenvalue weighted by atomic mass is 35.5. The van der Waals surface area contributed by atoms with Gasteiger partial charge < -0.3 is 4.90 Å². The van der Waals surface area contributed by atoms with Gasteiger partial charge in [-0.25, -0.2) is 4.98 Å². The average Bonchev–Trinajstić information content (AvgIpc) is 3.19. The van der Waals surface area contributed by atoms with Crippen molar-refractivity contribution in [2.75, 3.05) is 31.1 Å². The molecular formula is C23H27ClN4OS. The molecule has 1 heterocycles. The Bertz CT molecular complexity index is 1020. The number of likely N-dealkylation sites (N-methyl/N-ethyl adjacent to an activating group) is 1. The first-order valence-corrected chi connectivity index (χ1v) is 10.8. The molecule has 0 saturated heterocycles. The summed E-state index contributed by atoms with van der Waals surface area (Å²) in [5.41, 5.74) is 3.30. The number of amides is 1. The van der Waals surface area contributed by atoms with E-state index >= 15 is 0 Å². The first kappa shape index (κ1) is 23.8. The van der Waals surface area contributed by atoms with Crippen LogP contribution in [0.2, 0.25) is 0 Å². The van der Waals surface area contributed by atoms with Crippen LogP contribution in [-0.4, -0.2) is 42.0 Å². The minimum Gasteiger partial charge on any atom is -0.302 e. The van der Waals surface area contributed by atoms with Crippen molar-refractivity contribution in [1.29, 1.82) is 5.26 Å². The summed E-state index contributed by atoms with van der Waals surface area (Å²) in [6.07, 6.45) is 0.971. The fourth-order valence-electron chi connectivity index (χ4n) is 3.20. The van der Waals surface area contributed by atoms with Crippen molar-refractivity contribution in [2.24, 2.45) is 0 Å². The maximum Gasteiger partial charge on any atom is 0.260 e. The zero-order valence-corrected chi connectivity index (χ0v) is 19.2. The number of halogens is 1. The Balaban J connectivity index is 0.00000320. The van der Waals surface area contributed by atoms with Crippen LogP contribution in [0.3, 0.4) is 0 Å². The van der Waals surface area contributed by atoms with Crippen LogP contribution in [0, 0.1) is 11.3 Å². The second-order valence-corrected chi connectivity index (χ2v) is 7.83. The number of fused-ring (bicyclic) bond motifs is 1. The van der Waals surface area contributed by atoms with Crippen molar-refractivity contribution in [3.8, 4) is 6.07 Å². The third-order valence-corrected chi connectivity index (χ3v) is 6.16. The van der Waals surface area contributed by atoms with Crippen LogP contribution in [0.15, 0.2) is 42.5 Å². The molecule has 1 amide bonds. The van der Waals surface area contributed by atoms with E-state index in [1.54, 1.807) is 40.5 Å². The van der Waals surface area contributed by atoms with E-state index in [2.05, 4.69) is 43.9 Å². The highest BCUT2D eigenvalue weighted by Gasteiger charge is 2.22. The molecule has 0 atom stereocenters. The largest absolute Gasteiger partial charge is 0.302 e. The van der Waals surface area contributed by atoms with Gasteiger partial charge in [-0.3, -0.25) is 9.69 Å². The molecule has 0 saturated carbocycles. The second kappa shape index (κ2) is 11.1. The predicted octanol–water partition coefficient (Wildman–Crippen LogP) is 5.14. The summed E-state index contributed by atoms with van der Waals surface area (Å²) in [7, 11) is 0. The fourth-order valence-corrected chi connectivity index (χ4v) is 4.25. The molecule has 0 spiro atoms. The average molecular weight is 443 g/mol. The third kappa shape index (κ3) is 5.37. The third-order valence-electron chi connectivity index (χ3n) is 5.12. The Morgan fingerprint density at radius 3 is 2.37 bits per heavy atom. The van der Waals surface area contributed by atoms with Crippen molar-refractivity contribution in [1.82, 2.24) is 9.88 Å². The molecule has 0 aliphatic rings. The van der Waals surface area contributed by atoms with Gasteiger partial charge >= 0.3 is 0 Å². The molecule has 1 aromatic heterocycles. The molecule has 0 aliphatic carbocycles. The number of thiazole rings is 1. The SMILES string of the molecule is CCc1ccc2nc(N(CCN(CC)CC)C(=O)c3ccc(C#N)cc3)sc2c1.Cl. The molecule has 3 rings (SSSR count). The quantitative estimate of drug-likeness (QED) is 0.484. The normalized spacial score (nSPS) is 10.6. The first-order valence-electron chi connectivity index (χ1n) is 10.0. The van der Waals surface area contributed by atoms with Crippen molar-refractivity contribution in [2.45, 2.75) is 27.2 Å². The van der Waals surface area contributed by atoms with E-state index in [1.807, 2.05) is 6.07 Å². The lowest BCUT2D eigenvalue weighted by molar-refractivity contribution is 0.0984. The van der Waals surface area contributed by atoms with E-state index in [9.17, 15) is 4.79 Å². The Morgan fingerprint density at radius 1 is 1.07 bits per heavy atom. The number of hydrogen-bond acceptors (Lipinski definition) is 5. The van der Waals surface area contributed by atoms with Crippen molar-refractivity contribution >= 4 is 45.0 Å². The van der Waals surface area contributed by atoms with Gasteiger partial charge in [0.2, 0.25) is 0 Å². The molecule has 3 aromatic rings. The summed E-state index contributed by atoms with van der Waals surface area (Å²) >= 11 is 1.56. The van der Waals surface area contributed by atoms with Crippen LogP contribution in [0.5, 0.6) is 0 Å². The zero-order valence-electron chi connectivity index (χ0n) is 17.6. The molecule has 0 bridgehead atoms. The molecule has 158 valence electrons. The number of carbonyl (C=O) groups excluding carboxylic acids is 1. The summed E-state index contributed by atoms with van der Waals surface area (Å²) in [6.45, 7) is 9.62. The number of rotatable bonds is 8. The van der Waals surface area contributed by atoms with Crippen molar-refractivity contribution < 1.29 is 4.79 Å². The summed E-state index contributed by atoms with van der Waals surface area (Å²) < 4.78 is 1.10. The maximum atomic E-state index is 13.3. The van der Waals surface area contributed by atoms with Gasteiger partial charge in [0.1, 0.15) is 0 Å². The number of aromatic nitrogens is 1. The Labute approximate surface area is 188 Å². The molecule has 0 aliphatic heterocycles. The van der Waals surface area contributed by atoms with Gasteiger partial charge in [-0.05, 0) is 61.5 Å². The number of nitrogens with zero attached hydrogens (tertiary/aromatic N) is 4. The number of nitriles is 1. The minimum absolute atomic E-state index is 0. The molecule has 0 radical (unpaired) electrons. The van der Waals surface area contributed by atoms with Gasteiger partial charge in [0.05, 0.1) is 21.8 Å². The Morgan fingerprint density at radius 2 is 1.77 bits per heavy atom. The van der Waals surface area contributed by atoms with Crippen LogP contribution in [0.25, 0.3) is 10.2 Å². The van der Waals surface area contributed by atoms with Gasteiger partial charge in [-0.15, -0.1) is 12.4 Å². The van der Waals surface area contributed by atoms with E-state index in [1.165, 1.54) is 5.56 Å². The van der Waals surface area contributed by atoms with E-state index in [0.29, 0.717) is 17.7 Å². The zero-order chi connectivity index (χ0) is 20.8. The predicted molar refractivity (Wildman–Crippen MR) is 127 cm³/mol. The van der Waals surface area contributed by atoms with Gasteiger partial charge in [0.25, 0.3) is 5.91 Å². The molecule has 0 N–H and O–H groups in total. The number of anilines is 1. The van der Waals surface area contributed by atoms with Crippen LogP contribution < -0.4 is 4.90 Å². The van der Waals surface area contributed by atoms with E-state index in [-0.39, 0.29) is 18.3 Å². The van der Waals surface area contributed by atoms with Crippen LogP contribution in [0.4, 0.5) is 5.13 Å². The lowest BCUT2D eigenvalue weighted by Crippen LogP contribution is -2.38. The monoisotopic (exact) mass is 442 g/mol. The van der Waals surface area contributed by atoms with Crippen molar-refractivity contribution in [3.05, 3.63) is 59.2 Å². The lowest BCUT2D eigenvalue weighted by Gasteiger charge is -2.24. The van der Waals surface area contributed by atoms with Crippen LogP contribution >= 0.6 is 23.7 Å². The van der Waals surface area contributed by atoms with Crippen molar-refractivity contribution in [3.63, 3.8) is 0 Å². The second-order valence-electron chi connectivity index (χ2n) is 6.82. The number of benzene rings is 2.